The van der Waals surface area contributed by atoms with E-state index in [1.54, 1.807) is 0 Å². The Kier molecular flexibility index (Phi) is 2.82. The number of carbonyl (C=O) groups is 1. The Bertz CT molecular complexity index is 425. The van der Waals surface area contributed by atoms with Gasteiger partial charge in [-0.25, -0.2) is 4.79 Å². The molecule has 1 saturated heterocycles. The molecule has 0 amide bonds. The molecule has 0 saturated carbocycles. The molecule has 0 aliphatic carbocycles. The summed E-state index contributed by atoms with van der Waals surface area (Å²) >= 11 is 0. The maximum absolute atomic E-state index is 12.3. The summed E-state index contributed by atoms with van der Waals surface area (Å²) in [4.78, 5) is 10.9. The van der Waals surface area contributed by atoms with Gasteiger partial charge in [0.25, 0.3) is 0 Å². The summed E-state index contributed by atoms with van der Waals surface area (Å²) in [5.74, 6) is -0.741. The molecular formula is C11H9F3O3. The maximum Gasteiger partial charge on any atom is 0.416 e. The van der Waals surface area contributed by atoms with Crippen LogP contribution in [0.1, 0.15) is 23.7 Å². The predicted molar refractivity (Wildman–Crippen MR) is 50.9 cm³/mol. The number of alkyl halides is 3. The van der Waals surface area contributed by atoms with Crippen molar-refractivity contribution in [2.45, 2.75) is 24.8 Å². The van der Waals surface area contributed by atoms with Gasteiger partial charge in [-0.05, 0) is 17.7 Å². The Morgan fingerprint density at radius 1 is 1.24 bits per heavy atom. The summed E-state index contributed by atoms with van der Waals surface area (Å²) in [5, 5.41) is 9.16. The number of rotatable bonds is 1. The standard InChI is InChI=1S/C11H9F3O3/c12-11(13,14)7-3-1-6(2-4-7)9-5-8(15)10(16)17-9/h1-4,8-9,15H,5H2. The van der Waals surface area contributed by atoms with Gasteiger partial charge in [0.2, 0.25) is 0 Å². The molecule has 0 radical (unpaired) electrons. The third-order valence-corrected chi connectivity index (χ3v) is 2.58. The van der Waals surface area contributed by atoms with E-state index < -0.39 is 29.9 Å². The van der Waals surface area contributed by atoms with E-state index in [-0.39, 0.29) is 6.42 Å². The first-order chi connectivity index (χ1) is 7.88. The molecule has 0 aromatic heterocycles. The average Bonchev–Trinajstić information content (AvgIpc) is 2.58. The van der Waals surface area contributed by atoms with Crippen molar-refractivity contribution >= 4 is 5.97 Å². The van der Waals surface area contributed by atoms with E-state index in [1.807, 2.05) is 0 Å². The molecule has 1 heterocycles. The number of halogens is 3. The first-order valence-corrected chi connectivity index (χ1v) is 4.93. The SMILES string of the molecule is O=C1OC(c2ccc(C(F)(F)F)cc2)CC1O. The van der Waals surface area contributed by atoms with Gasteiger partial charge in [-0.1, -0.05) is 12.1 Å². The van der Waals surface area contributed by atoms with E-state index in [0.29, 0.717) is 5.56 Å². The minimum Gasteiger partial charge on any atom is -0.455 e. The van der Waals surface area contributed by atoms with Crippen molar-refractivity contribution < 1.29 is 27.8 Å². The lowest BCUT2D eigenvalue weighted by Gasteiger charge is -2.11. The highest BCUT2D eigenvalue weighted by Crippen LogP contribution is 2.33. The van der Waals surface area contributed by atoms with E-state index in [4.69, 9.17) is 9.84 Å². The maximum atomic E-state index is 12.3. The summed E-state index contributed by atoms with van der Waals surface area (Å²) < 4.78 is 41.7. The molecule has 0 bridgehead atoms. The fourth-order valence-corrected chi connectivity index (χ4v) is 1.66. The molecule has 1 aliphatic rings. The van der Waals surface area contributed by atoms with E-state index in [2.05, 4.69) is 0 Å². The fourth-order valence-electron chi connectivity index (χ4n) is 1.66. The minimum absolute atomic E-state index is 0.0736. The van der Waals surface area contributed by atoms with Crippen molar-refractivity contribution in [1.29, 1.82) is 0 Å². The van der Waals surface area contributed by atoms with Crippen molar-refractivity contribution in [2.75, 3.05) is 0 Å². The zero-order chi connectivity index (χ0) is 12.6. The molecule has 17 heavy (non-hydrogen) atoms. The quantitative estimate of drug-likeness (QED) is 0.771. The first kappa shape index (κ1) is 11.9. The third kappa shape index (κ3) is 2.41. The predicted octanol–water partition coefficient (Wildman–Crippen LogP) is 2.05. The Balaban J connectivity index is 2.17. The smallest absolute Gasteiger partial charge is 0.416 e. The van der Waals surface area contributed by atoms with Crippen LogP contribution in [0.3, 0.4) is 0 Å². The van der Waals surface area contributed by atoms with E-state index in [0.717, 1.165) is 12.1 Å². The van der Waals surface area contributed by atoms with Gasteiger partial charge in [0.1, 0.15) is 6.10 Å². The van der Waals surface area contributed by atoms with Gasteiger partial charge in [0.15, 0.2) is 6.10 Å². The van der Waals surface area contributed by atoms with Gasteiger partial charge < -0.3 is 9.84 Å². The van der Waals surface area contributed by atoms with Crippen LogP contribution in [0.15, 0.2) is 24.3 Å². The molecule has 1 aromatic rings. The Morgan fingerprint density at radius 2 is 1.82 bits per heavy atom. The van der Waals surface area contributed by atoms with Crippen LogP contribution in [0.2, 0.25) is 0 Å². The van der Waals surface area contributed by atoms with Crippen LogP contribution in [0.4, 0.5) is 13.2 Å². The van der Waals surface area contributed by atoms with Gasteiger partial charge in [0.05, 0.1) is 5.56 Å². The Morgan fingerprint density at radius 3 is 2.24 bits per heavy atom. The molecule has 6 heteroatoms. The van der Waals surface area contributed by atoms with Crippen LogP contribution in [-0.4, -0.2) is 17.2 Å². The Labute approximate surface area is 94.8 Å². The van der Waals surface area contributed by atoms with Gasteiger partial charge >= 0.3 is 12.1 Å². The zero-order valence-corrected chi connectivity index (χ0v) is 8.57. The van der Waals surface area contributed by atoms with Crippen LogP contribution in [0.5, 0.6) is 0 Å². The van der Waals surface area contributed by atoms with Gasteiger partial charge in [-0.2, -0.15) is 13.2 Å². The minimum atomic E-state index is -4.38. The van der Waals surface area contributed by atoms with Crippen LogP contribution in [0, 0.1) is 0 Å². The van der Waals surface area contributed by atoms with E-state index >= 15 is 0 Å². The molecule has 3 nitrogen and oxygen atoms in total. The first-order valence-electron chi connectivity index (χ1n) is 4.93. The molecule has 0 spiro atoms. The number of carbonyl (C=O) groups excluding carboxylic acids is 1. The summed E-state index contributed by atoms with van der Waals surface area (Å²) in [6.07, 6.45) is -6.17. The summed E-state index contributed by atoms with van der Waals surface area (Å²) in [7, 11) is 0. The van der Waals surface area contributed by atoms with Gasteiger partial charge in [0, 0.05) is 6.42 Å². The van der Waals surface area contributed by atoms with Crippen molar-refractivity contribution in [3.63, 3.8) is 0 Å². The molecule has 2 rings (SSSR count). The number of hydrogen-bond donors (Lipinski definition) is 1. The zero-order valence-electron chi connectivity index (χ0n) is 8.57. The second-order valence-corrected chi connectivity index (χ2v) is 3.80. The number of ether oxygens (including phenoxy) is 1. The summed E-state index contributed by atoms with van der Waals surface area (Å²) in [6, 6.07) is 4.35. The third-order valence-electron chi connectivity index (χ3n) is 2.58. The van der Waals surface area contributed by atoms with Crippen molar-refractivity contribution in [3.8, 4) is 0 Å². The number of aliphatic hydroxyl groups excluding tert-OH is 1. The second-order valence-electron chi connectivity index (χ2n) is 3.80. The lowest BCUT2D eigenvalue weighted by atomic mass is 10.0. The molecule has 2 atom stereocenters. The van der Waals surface area contributed by atoms with Crippen LogP contribution >= 0.6 is 0 Å². The largest absolute Gasteiger partial charge is 0.455 e. The molecule has 92 valence electrons. The lowest BCUT2D eigenvalue weighted by Crippen LogP contribution is -2.11. The van der Waals surface area contributed by atoms with Crippen molar-refractivity contribution in [2.24, 2.45) is 0 Å². The van der Waals surface area contributed by atoms with E-state index in [9.17, 15) is 18.0 Å². The number of aliphatic hydroxyl groups is 1. The Hall–Kier alpha value is -1.56. The highest BCUT2D eigenvalue weighted by Gasteiger charge is 2.35. The van der Waals surface area contributed by atoms with Crippen molar-refractivity contribution in [3.05, 3.63) is 35.4 Å². The molecule has 2 unspecified atom stereocenters. The van der Waals surface area contributed by atoms with Gasteiger partial charge in [-0.3, -0.25) is 0 Å². The summed E-state index contributed by atoms with van der Waals surface area (Å²) in [6.45, 7) is 0. The molecule has 1 aliphatic heterocycles. The van der Waals surface area contributed by atoms with Crippen LogP contribution < -0.4 is 0 Å². The summed E-state index contributed by atoms with van der Waals surface area (Å²) in [5.41, 5.74) is -0.311. The number of benzene rings is 1. The number of cyclic esters (lactones) is 1. The number of esters is 1. The topological polar surface area (TPSA) is 46.5 Å². The van der Waals surface area contributed by atoms with Crippen molar-refractivity contribution in [1.82, 2.24) is 0 Å². The highest BCUT2D eigenvalue weighted by molar-refractivity contribution is 5.76. The molecule has 1 fully saturated rings. The molecule has 1 N–H and O–H groups in total. The van der Waals surface area contributed by atoms with E-state index in [1.165, 1.54) is 12.1 Å². The average molecular weight is 246 g/mol. The lowest BCUT2D eigenvalue weighted by molar-refractivity contribution is -0.147. The normalized spacial score (nSPS) is 24.8. The highest BCUT2D eigenvalue weighted by atomic mass is 19.4. The van der Waals surface area contributed by atoms with Crippen LogP contribution in [0.25, 0.3) is 0 Å². The number of hydrogen-bond acceptors (Lipinski definition) is 3. The fraction of sp³-hybridized carbons (Fsp3) is 0.364. The monoisotopic (exact) mass is 246 g/mol. The molecule has 1 aromatic carbocycles. The second kappa shape index (κ2) is 4.03. The van der Waals surface area contributed by atoms with Crippen LogP contribution in [-0.2, 0) is 15.7 Å². The molecular weight excluding hydrogens is 237 g/mol. The van der Waals surface area contributed by atoms with Gasteiger partial charge in [-0.15, -0.1) is 0 Å².